The van der Waals surface area contributed by atoms with Crippen molar-refractivity contribution in [2.45, 2.75) is 6.42 Å². The summed E-state index contributed by atoms with van der Waals surface area (Å²) in [5.41, 5.74) is 2.75. The predicted molar refractivity (Wildman–Crippen MR) is 75.7 cm³/mol. The molecule has 84 valence electrons. The van der Waals surface area contributed by atoms with E-state index in [-0.39, 0.29) is 0 Å². The van der Waals surface area contributed by atoms with Crippen LogP contribution in [-0.4, -0.2) is 39.6 Å². The zero-order valence-electron chi connectivity index (χ0n) is 9.92. The highest BCUT2D eigenvalue weighted by Crippen LogP contribution is 2.24. The van der Waals surface area contributed by atoms with E-state index in [1.165, 1.54) is 14.8 Å². The maximum Gasteiger partial charge on any atom is 0.0499 e. The third-order valence-electron chi connectivity index (χ3n) is 2.37. The Balaban J connectivity index is 2.85. The predicted octanol–water partition coefficient (Wildman–Crippen LogP) is 2.46. The van der Waals surface area contributed by atoms with Gasteiger partial charge >= 0.3 is 0 Å². The van der Waals surface area contributed by atoms with Gasteiger partial charge in [-0.15, -0.1) is 0 Å². The third-order valence-corrected chi connectivity index (χ3v) is 3.61. The number of nitrogens with zero attached hydrogens (tertiary/aromatic N) is 2. The lowest BCUT2D eigenvalue weighted by Gasteiger charge is -2.18. The van der Waals surface area contributed by atoms with Gasteiger partial charge in [0.2, 0.25) is 0 Å². The van der Waals surface area contributed by atoms with Crippen molar-refractivity contribution in [3.8, 4) is 0 Å². The van der Waals surface area contributed by atoms with Crippen LogP contribution in [0.5, 0.6) is 0 Å². The van der Waals surface area contributed by atoms with Crippen molar-refractivity contribution >= 4 is 28.3 Å². The highest BCUT2D eigenvalue weighted by Gasteiger charge is 2.06. The van der Waals surface area contributed by atoms with E-state index in [0.717, 1.165) is 13.0 Å². The van der Waals surface area contributed by atoms with Crippen LogP contribution in [0.4, 0.5) is 5.69 Å². The van der Waals surface area contributed by atoms with Gasteiger partial charge in [0.25, 0.3) is 0 Å². The molecular formula is C12H19IN2. The van der Waals surface area contributed by atoms with Crippen LogP contribution in [0.2, 0.25) is 0 Å². The van der Waals surface area contributed by atoms with E-state index in [0.29, 0.717) is 0 Å². The Kier molecular flexibility index (Phi) is 4.86. The Hall–Kier alpha value is -0.290. The van der Waals surface area contributed by atoms with E-state index in [4.69, 9.17) is 0 Å². The normalized spacial score (nSPS) is 10.8. The van der Waals surface area contributed by atoms with Crippen LogP contribution in [-0.2, 0) is 6.42 Å². The molecule has 1 rings (SSSR count). The standard InChI is InChI=1S/C12H19IN2/c1-14(2)9-8-10-6-5-7-11(12(10)13)15(3)4/h5-7H,8-9H2,1-4H3. The van der Waals surface area contributed by atoms with Crippen molar-refractivity contribution in [2.24, 2.45) is 0 Å². The first-order chi connectivity index (χ1) is 7.02. The topological polar surface area (TPSA) is 6.48 Å². The summed E-state index contributed by atoms with van der Waals surface area (Å²) in [7, 11) is 8.41. The van der Waals surface area contributed by atoms with Crippen molar-refractivity contribution in [2.75, 3.05) is 39.6 Å². The largest absolute Gasteiger partial charge is 0.377 e. The molecule has 0 atom stereocenters. The molecule has 3 heteroatoms. The number of hydrogen-bond donors (Lipinski definition) is 0. The number of anilines is 1. The molecule has 0 aliphatic carbocycles. The summed E-state index contributed by atoms with van der Waals surface area (Å²) in [5.74, 6) is 0. The average Bonchev–Trinajstić information content (AvgIpc) is 2.15. The van der Waals surface area contributed by atoms with Crippen LogP contribution in [0.25, 0.3) is 0 Å². The fourth-order valence-corrected chi connectivity index (χ4v) is 2.56. The second kappa shape index (κ2) is 5.70. The number of halogens is 1. The van der Waals surface area contributed by atoms with Crippen molar-refractivity contribution in [1.29, 1.82) is 0 Å². The van der Waals surface area contributed by atoms with E-state index >= 15 is 0 Å². The molecule has 0 saturated heterocycles. The SMILES string of the molecule is CN(C)CCc1cccc(N(C)C)c1I. The third kappa shape index (κ3) is 3.65. The van der Waals surface area contributed by atoms with Crippen LogP contribution in [0.3, 0.4) is 0 Å². The average molecular weight is 318 g/mol. The number of hydrogen-bond acceptors (Lipinski definition) is 2. The first-order valence-corrected chi connectivity index (χ1v) is 6.19. The molecule has 0 amide bonds. The van der Waals surface area contributed by atoms with Gasteiger partial charge in [-0.2, -0.15) is 0 Å². The lowest BCUT2D eigenvalue weighted by molar-refractivity contribution is 0.413. The summed E-state index contributed by atoms with van der Waals surface area (Å²) < 4.78 is 1.38. The fraction of sp³-hybridized carbons (Fsp3) is 0.500. The number of likely N-dealkylation sites (N-methyl/N-ethyl adjacent to an activating group) is 1. The van der Waals surface area contributed by atoms with E-state index in [2.05, 4.69) is 78.8 Å². The minimum absolute atomic E-state index is 1.10. The van der Waals surface area contributed by atoms with Crippen molar-refractivity contribution in [3.63, 3.8) is 0 Å². The molecule has 0 N–H and O–H groups in total. The second-order valence-corrected chi connectivity index (χ2v) is 5.28. The van der Waals surface area contributed by atoms with Gasteiger partial charge in [0.1, 0.15) is 0 Å². The Morgan fingerprint density at radius 1 is 1.13 bits per heavy atom. The summed E-state index contributed by atoms with van der Waals surface area (Å²) in [6.07, 6.45) is 1.12. The van der Waals surface area contributed by atoms with Crippen LogP contribution >= 0.6 is 22.6 Å². The van der Waals surface area contributed by atoms with E-state index in [9.17, 15) is 0 Å². The number of benzene rings is 1. The molecule has 0 aromatic heterocycles. The Labute approximate surface area is 106 Å². The summed E-state index contributed by atoms with van der Waals surface area (Å²) in [5, 5.41) is 0. The molecule has 0 aliphatic heterocycles. The Bertz CT molecular complexity index is 321. The van der Waals surface area contributed by atoms with Gasteiger partial charge < -0.3 is 9.80 Å². The molecule has 0 fully saturated rings. The number of rotatable bonds is 4. The molecule has 2 nitrogen and oxygen atoms in total. The van der Waals surface area contributed by atoms with Crippen LogP contribution in [0.1, 0.15) is 5.56 Å². The van der Waals surface area contributed by atoms with Crippen molar-refractivity contribution in [3.05, 3.63) is 27.3 Å². The molecule has 1 aromatic carbocycles. The molecule has 1 aromatic rings. The molecule has 0 aliphatic rings. The molecule has 0 unspecified atom stereocenters. The van der Waals surface area contributed by atoms with Crippen LogP contribution in [0.15, 0.2) is 18.2 Å². The smallest absolute Gasteiger partial charge is 0.0499 e. The van der Waals surface area contributed by atoms with Crippen molar-refractivity contribution < 1.29 is 0 Å². The maximum absolute atomic E-state index is 2.44. The maximum atomic E-state index is 2.44. The summed E-state index contributed by atoms with van der Waals surface area (Å²) in [6.45, 7) is 1.10. The zero-order chi connectivity index (χ0) is 11.4. The molecule has 15 heavy (non-hydrogen) atoms. The summed E-state index contributed by atoms with van der Waals surface area (Å²) >= 11 is 2.44. The quantitative estimate of drug-likeness (QED) is 0.787. The van der Waals surface area contributed by atoms with Gasteiger partial charge in [0.15, 0.2) is 0 Å². The van der Waals surface area contributed by atoms with Crippen LogP contribution < -0.4 is 4.90 Å². The lowest BCUT2D eigenvalue weighted by atomic mass is 10.1. The molecular weight excluding hydrogens is 299 g/mol. The Morgan fingerprint density at radius 3 is 2.33 bits per heavy atom. The van der Waals surface area contributed by atoms with Gasteiger partial charge in [0.05, 0.1) is 0 Å². The van der Waals surface area contributed by atoms with Gasteiger partial charge in [-0.3, -0.25) is 0 Å². The van der Waals surface area contributed by atoms with Gasteiger partial charge in [0, 0.05) is 29.9 Å². The molecule has 0 spiro atoms. The second-order valence-electron chi connectivity index (χ2n) is 4.20. The lowest BCUT2D eigenvalue weighted by Crippen LogP contribution is -2.16. The highest BCUT2D eigenvalue weighted by molar-refractivity contribution is 14.1. The van der Waals surface area contributed by atoms with Crippen molar-refractivity contribution in [1.82, 2.24) is 4.90 Å². The molecule has 0 heterocycles. The monoisotopic (exact) mass is 318 g/mol. The molecule has 0 saturated carbocycles. The van der Waals surface area contributed by atoms with Gasteiger partial charge in [-0.25, -0.2) is 0 Å². The minimum atomic E-state index is 1.10. The van der Waals surface area contributed by atoms with E-state index in [1.54, 1.807) is 0 Å². The first-order valence-electron chi connectivity index (χ1n) is 5.12. The van der Waals surface area contributed by atoms with E-state index in [1.807, 2.05) is 0 Å². The summed E-state index contributed by atoms with van der Waals surface area (Å²) in [6, 6.07) is 6.53. The van der Waals surface area contributed by atoms with Gasteiger partial charge in [-0.1, -0.05) is 12.1 Å². The molecule has 0 bridgehead atoms. The fourth-order valence-electron chi connectivity index (χ4n) is 1.45. The van der Waals surface area contributed by atoms with E-state index < -0.39 is 0 Å². The van der Waals surface area contributed by atoms with Gasteiger partial charge in [-0.05, 0) is 54.7 Å². The van der Waals surface area contributed by atoms with Crippen LogP contribution in [0, 0.1) is 3.57 Å². The highest BCUT2D eigenvalue weighted by atomic mass is 127. The molecule has 0 radical (unpaired) electrons. The zero-order valence-corrected chi connectivity index (χ0v) is 12.1. The first kappa shape index (κ1) is 12.8. The summed E-state index contributed by atoms with van der Waals surface area (Å²) in [4.78, 5) is 4.39. The Morgan fingerprint density at radius 2 is 1.80 bits per heavy atom. The minimum Gasteiger partial charge on any atom is -0.377 e.